The molecule has 0 unspecified atom stereocenters. The highest BCUT2D eigenvalue weighted by Gasteiger charge is 2.29. The molecule has 3 nitrogen and oxygen atoms in total. The third-order valence-corrected chi connectivity index (χ3v) is 4.11. The Kier molecular flexibility index (Phi) is 3.65. The van der Waals surface area contributed by atoms with E-state index in [0.717, 1.165) is 0 Å². The third-order valence-electron chi connectivity index (χ3n) is 4.11. The van der Waals surface area contributed by atoms with Crippen molar-refractivity contribution in [3.63, 3.8) is 0 Å². The maximum atomic E-state index is 6.45. The van der Waals surface area contributed by atoms with Crippen LogP contribution in [0.3, 0.4) is 0 Å². The zero-order chi connectivity index (χ0) is 10.7. The summed E-state index contributed by atoms with van der Waals surface area (Å²) in [4.78, 5) is 4.97. The number of hydrogen-bond donors (Lipinski definition) is 1. The standard InChI is InChI=1S/C12H25N3/c1-14-9-4-12(13,5-10-14)6-11-15-7-2-3-8-15/h2-11,13H2,1H3. The van der Waals surface area contributed by atoms with E-state index in [0.29, 0.717) is 0 Å². The molecule has 2 fully saturated rings. The Balaban J connectivity index is 1.72. The first kappa shape index (κ1) is 11.4. The number of likely N-dealkylation sites (tertiary alicyclic amines) is 2. The summed E-state index contributed by atoms with van der Waals surface area (Å²) in [7, 11) is 2.19. The molecule has 0 atom stereocenters. The van der Waals surface area contributed by atoms with Crippen LogP contribution in [0.5, 0.6) is 0 Å². The number of nitrogens with zero attached hydrogens (tertiary/aromatic N) is 2. The number of piperidine rings is 1. The van der Waals surface area contributed by atoms with E-state index in [-0.39, 0.29) is 5.54 Å². The summed E-state index contributed by atoms with van der Waals surface area (Å²) in [5.74, 6) is 0. The molecule has 2 rings (SSSR count). The van der Waals surface area contributed by atoms with Crippen molar-refractivity contribution in [2.45, 2.75) is 37.6 Å². The Labute approximate surface area is 93.6 Å². The molecule has 0 radical (unpaired) electrons. The second kappa shape index (κ2) is 4.81. The second-order valence-electron chi connectivity index (χ2n) is 5.46. The van der Waals surface area contributed by atoms with Crippen LogP contribution in [0.4, 0.5) is 0 Å². The van der Waals surface area contributed by atoms with Crippen molar-refractivity contribution in [2.75, 3.05) is 39.8 Å². The number of nitrogens with two attached hydrogens (primary N) is 1. The average molecular weight is 211 g/mol. The zero-order valence-electron chi connectivity index (χ0n) is 10.0. The minimum absolute atomic E-state index is 0.134. The molecular weight excluding hydrogens is 186 g/mol. The maximum absolute atomic E-state index is 6.45. The zero-order valence-corrected chi connectivity index (χ0v) is 10.0. The van der Waals surface area contributed by atoms with Gasteiger partial charge in [-0.05, 0) is 71.9 Å². The largest absolute Gasteiger partial charge is 0.325 e. The summed E-state index contributed by atoms with van der Waals surface area (Å²) in [6.07, 6.45) is 6.33. The van der Waals surface area contributed by atoms with Gasteiger partial charge in [-0.3, -0.25) is 0 Å². The molecule has 0 saturated carbocycles. The Hall–Kier alpha value is -0.120. The Bertz CT molecular complexity index is 191. The van der Waals surface area contributed by atoms with Crippen LogP contribution < -0.4 is 5.73 Å². The van der Waals surface area contributed by atoms with Gasteiger partial charge in [-0.1, -0.05) is 0 Å². The molecule has 0 spiro atoms. The van der Waals surface area contributed by atoms with Gasteiger partial charge in [0.05, 0.1) is 0 Å². The van der Waals surface area contributed by atoms with E-state index in [1.165, 1.54) is 64.8 Å². The predicted molar refractivity (Wildman–Crippen MR) is 63.9 cm³/mol. The Morgan fingerprint density at radius 3 is 2.27 bits per heavy atom. The van der Waals surface area contributed by atoms with Crippen LogP contribution in [0.15, 0.2) is 0 Å². The van der Waals surface area contributed by atoms with E-state index in [1.807, 2.05) is 0 Å². The molecule has 2 aliphatic rings. The van der Waals surface area contributed by atoms with Crippen molar-refractivity contribution in [1.82, 2.24) is 9.80 Å². The molecule has 0 aromatic carbocycles. The van der Waals surface area contributed by atoms with E-state index in [4.69, 9.17) is 5.73 Å². The van der Waals surface area contributed by atoms with Crippen LogP contribution in [0.1, 0.15) is 32.1 Å². The van der Waals surface area contributed by atoms with Gasteiger partial charge in [-0.25, -0.2) is 0 Å². The molecule has 2 N–H and O–H groups in total. The van der Waals surface area contributed by atoms with Gasteiger partial charge in [-0.15, -0.1) is 0 Å². The quantitative estimate of drug-likeness (QED) is 0.752. The Morgan fingerprint density at radius 1 is 1.07 bits per heavy atom. The van der Waals surface area contributed by atoms with E-state index < -0.39 is 0 Å². The molecule has 0 aliphatic carbocycles. The second-order valence-corrected chi connectivity index (χ2v) is 5.46. The van der Waals surface area contributed by atoms with Crippen molar-refractivity contribution < 1.29 is 0 Å². The molecule has 0 aromatic heterocycles. The summed E-state index contributed by atoms with van der Waals surface area (Å²) in [5.41, 5.74) is 6.58. The smallest absolute Gasteiger partial charge is 0.0190 e. The van der Waals surface area contributed by atoms with Crippen LogP contribution in [-0.4, -0.2) is 55.1 Å². The van der Waals surface area contributed by atoms with Gasteiger partial charge in [-0.2, -0.15) is 0 Å². The first-order valence-corrected chi connectivity index (χ1v) is 6.38. The fraction of sp³-hybridized carbons (Fsp3) is 1.00. The summed E-state index contributed by atoms with van der Waals surface area (Å²) in [5, 5.41) is 0. The molecule has 2 saturated heterocycles. The normalized spacial score (nSPS) is 28.4. The number of rotatable bonds is 3. The highest BCUT2D eigenvalue weighted by Crippen LogP contribution is 2.23. The molecule has 2 heterocycles. The van der Waals surface area contributed by atoms with E-state index >= 15 is 0 Å². The summed E-state index contributed by atoms with van der Waals surface area (Å²) in [6.45, 7) is 6.18. The molecule has 88 valence electrons. The van der Waals surface area contributed by atoms with Crippen LogP contribution in [0, 0.1) is 0 Å². The Morgan fingerprint density at radius 2 is 1.67 bits per heavy atom. The average Bonchev–Trinajstić information content (AvgIpc) is 2.73. The van der Waals surface area contributed by atoms with Gasteiger partial charge in [0.2, 0.25) is 0 Å². The minimum Gasteiger partial charge on any atom is -0.325 e. The minimum atomic E-state index is 0.134. The maximum Gasteiger partial charge on any atom is 0.0190 e. The first-order chi connectivity index (χ1) is 7.18. The fourth-order valence-electron chi connectivity index (χ4n) is 2.70. The molecule has 0 bridgehead atoms. The van der Waals surface area contributed by atoms with Gasteiger partial charge in [0.15, 0.2) is 0 Å². The number of hydrogen-bond acceptors (Lipinski definition) is 3. The summed E-state index contributed by atoms with van der Waals surface area (Å²) >= 11 is 0. The molecule has 15 heavy (non-hydrogen) atoms. The lowest BCUT2D eigenvalue weighted by Crippen LogP contribution is -2.50. The summed E-state index contributed by atoms with van der Waals surface area (Å²) in [6, 6.07) is 0. The molecule has 0 amide bonds. The van der Waals surface area contributed by atoms with E-state index in [1.54, 1.807) is 0 Å². The van der Waals surface area contributed by atoms with Gasteiger partial charge >= 0.3 is 0 Å². The van der Waals surface area contributed by atoms with Crippen molar-refractivity contribution in [3.8, 4) is 0 Å². The fourth-order valence-corrected chi connectivity index (χ4v) is 2.70. The van der Waals surface area contributed by atoms with Crippen LogP contribution in [0.2, 0.25) is 0 Å². The molecule has 0 aromatic rings. The van der Waals surface area contributed by atoms with Crippen LogP contribution in [-0.2, 0) is 0 Å². The molecular formula is C12H25N3. The van der Waals surface area contributed by atoms with E-state index in [2.05, 4.69) is 16.8 Å². The highest BCUT2D eigenvalue weighted by molar-refractivity contribution is 4.90. The van der Waals surface area contributed by atoms with Crippen molar-refractivity contribution >= 4 is 0 Å². The first-order valence-electron chi connectivity index (χ1n) is 6.38. The van der Waals surface area contributed by atoms with Crippen molar-refractivity contribution in [2.24, 2.45) is 5.73 Å². The van der Waals surface area contributed by atoms with Gasteiger partial charge in [0.25, 0.3) is 0 Å². The lowest BCUT2D eigenvalue weighted by atomic mass is 9.85. The lowest BCUT2D eigenvalue weighted by molar-refractivity contribution is 0.167. The van der Waals surface area contributed by atoms with Crippen molar-refractivity contribution in [3.05, 3.63) is 0 Å². The van der Waals surface area contributed by atoms with Crippen LogP contribution >= 0.6 is 0 Å². The predicted octanol–water partition coefficient (Wildman–Crippen LogP) is 0.895. The topological polar surface area (TPSA) is 32.5 Å². The van der Waals surface area contributed by atoms with Crippen molar-refractivity contribution in [1.29, 1.82) is 0 Å². The van der Waals surface area contributed by atoms with Gasteiger partial charge in [0, 0.05) is 5.54 Å². The molecule has 2 aliphatic heterocycles. The molecule has 3 heteroatoms. The van der Waals surface area contributed by atoms with Gasteiger partial charge < -0.3 is 15.5 Å². The van der Waals surface area contributed by atoms with Gasteiger partial charge in [0.1, 0.15) is 0 Å². The third kappa shape index (κ3) is 3.16. The highest BCUT2D eigenvalue weighted by atomic mass is 15.1. The SMILES string of the molecule is CN1CCC(N)(CCN2CCCC2)CC1. The lowest BCUT2D eigenvalue weighted by Gasteiger charge is -2.38. The monoisotopic (exact) mass is 211 g/mol. The van der Waals surface area contributed by atoms with E-state index in [9.17, 15) is 0 Å². The van der Waals surface area contributed by atoms with Crippen LogP contribution in [0.25, 0.3) is 0 Å². The summed E-state index contributed by atoms with van der Waals surface area (Å²) < 4.78 is 0.